The van der Waals surface area contributed by atoms with Gasteiger partial charge in [0.15, 0.2) is 0 Å². The van der Waals surface area contributed by atoms with Crippen LogP contribution in [-0.2, 0) is 0 Å². The minimum absolute atomic E-state index is 0.0435. The first-order valence-electron chi connectivity index (χ1n) is 9.73. The van der Waals surface area contributed by atoms with Crippen LogP contribution in [0.15, 0.2) is 54.7 Å². The van der Waals surface area contributed by atoms with Crippen LogP contribution < -0.4 is 4.90 Å². The van der Waals surface area contributed by atoms with Gasteiger partial charge in [0.05, 0.1) is 5.69 Å². The largest absolute Gasteiger partial charge is 0.353 e. The molecule has 4 rings (SSSR count). The number of benzene rings is 1. The van der Waals surface area contributed by atoms with Gasteiger partial charge in [-0.3, -0.25) is 9.78 Å². The highest BCUT2D eigenvalue weighted by Crippen LogP contribution is 2.29. The molecular weight excluding hydrogens is 384 g/mol. The number of rotatable bonds is 3. The van der Waals surface area contributed by atoms with E-state index in [1.807, 2.05) is 67.3 Å². The second-order valence-corrected chi connectivity index (χ2v) is 7.62. The second kappa shape index (κ2) is 8.21. The molecule has 0 saturated carbocycles. The first kappa shape index (κ1) is 19.4. The van der Waals surface area contributed by atoms with Crippen LogP contribution in [0.2, 0.25) is 5.02 Å². The lowest BCUT2D eigenvalue weighted by molar-refractivity contribution is 0.0745. The number of pyridine rings is 2. The number of amides is 1. The minimum Gasteiger partial charge on any atom is -0.353 e. The van der Waals surface area contributed by atoms with Crippen molar-refractivity contribution < 1.29 is 4.79 Å². The molecule has 5 nitrogen and oxygen atoms in total. The number of aryl methyl sites for hydroxylation is 1. The molecule has 0 unspecified atom stereocenters. The molecule has 1 aliphatic heterocycles. The number of hydrogen-bond donors (Lipinski definition) is 0. The molecule has 1 amide bonds. The maximum absolute atomic E-state index is 13.3. The van der Waals surface area contributed by atoms with Gasteiger partial charge in [-0.25, -0.2) is 4.98 Å². The highest BCUT2D eigenvalue weighted by Gasteiger charge is 2.25. The van der Waals surface area contributed by atoms with Crippen LogP contribution in [0.1, 0.15) is 21.6 Å². The van der Waals surface area contributed by atoms with Crippen molar-refractivity contribution in [2.75, 3.05) is 31.1 Å². The summed E-state index contributed by atoms with van der Waals surface area (Å²) in [7, 11) is 0. The summed E-state index contributed by atoms with van der Waals surface area (Å²) in [5, 5.41) is 0.630. The van der Waals surface area contributed by atoms with Gasteiger partial charge in [-0.1, -0.05) is 35.9 Å². The molecule has 0 atom stereocenters. The summed E-state index contributed by atoms with van der Waals surface area (Å²) in [4.78, 5) is 26.5. The topological polar surface area (TPSA) is 49.3 Å². The molecule has 0 bridgehead atoms. The number of anilines is 1. The molecule has 3 heterocycles. The summed E-state index contributed by atoms with van der Waals surface area (Å²) in [6.45, 7) is 6.75. The summed E-state index contributed by atoms with van der Waals surface area (Å²) < 4.78 is 0. The molecule has 0 N–H and O–H groups in total. The average molecular weight is 407 g/mol. The normalized spacial score (nSPS) is 14.2. The maximum Gasteiger partial charge on any atom is 0.254 e. The zero-order chi connectivity index (χ0) is 20.4. The smallest absolute Gasteiger partial charge is 0.254 e. The zero-order valence-corrected chi connectivity index (χ0v) is 17.4. The lowest BCUT2D eigenvalue weighted by atomic mass is 10.0. The van der Waals surface area contributed by atoms with Crippen LogP contribution in [0, 0.1) is 13.8 Å². The Kier molecular flexibility index (Phi) is 5.49. The molecule has 3 aromatic rings. The van der Waals surface area contributed by atoms with Gasteiger partial charge in [-0.15, -0.1) is 0 Å². The lowest BCUT2D eigenvalue weighted by Gasteiger charge is -2.35. The molecular formula is C23H23ClN4O. The van der Waals surface area contributed by atoms with E-state index >= 15 is 0 Å². The van der Waals surface area contributed by atoms with E-state index in [4.69, 9.17) is 11.6 Å². The molecule has 6 heteroatoms. The number of carbonyl (C=O) groups is 1. The van der Waals surface area contributed by atoms with Crippen LogP contribution in [0.3, 0.4) is 0 Å². The van der Waals surface area contributed by atoms with Crippen LogP contribution >= 0.6 is 11.6 Å². The SMILES string of the molecule is Cc1nc(-c2ccccc2Cl)cc(C(=O)N2CCN(c3ccccn3)CC2)c1C. The Labute approximate surface area is 176 Å². The quantitative estimate of drug-likeness (QED) is 0.647. The maximum atomic E-state index is 13.3. The average Bonchev–Trinajstić information content (AvgIpc) is 2.76. The van der Waals surface area contributed by atoms with Gasteiger partial charge in [0.2, 0.25) is 0 Å². The van der Waals surface area contributed by atoms with E-state index in [1.165, 1.54) is 0 Å². The van der Waals surface area contributed by atoms with Crippen LogP contribution in [0.5, 0.6) is 0 Å². The summed E-state index contributed by atoms with van der Waals surface area (Å²) >= 11 is 6.36. The molecule has 0 radical (unpaired) electrons. The number of nitrogens with zero attached hydrogens (tertiary/aromatic N) is 4. The van der Waals surface area contributed by atoms with E-state index in [9.17, 15) is 4.79 Å². The molecule has 1 aliphatic rings. The highest BCUT2D eigenvalue weighted by molar-refractivity contribution is 6.33. The fourth-order valence-corrected chi connectivity index (χ4v) is 3.85. The third-order valence-corrected chi connectivity index (χ3v) is 5.77. The monoisotopic (exact) mass is 406 g/mol. The lowest BCUT2D eigenvalue weighted by Crippen LogP contribution is -2.49. The molecule has 1 aromatic carbocycles. The first-order chi connectivity index (χ1) is 14.0. The number of piperazine rings is 1. The van der Waals surface area contributed by atoms with Gasteiger partial charge in [-0.2, -0.15) is 0 Å². The Morgan fingerprint density at radius 3 is 2.41 bits per heavy atom. The van der Waals surface area contributed by atoms with Crippen molar-refractivity contribution in [2.24, 2.45) is 0 Å². The third kappa shape index (κ3) is 3.96. The first-order valence-corrected chi connectivity index (χ1v) is 10.1. The number of hydrogen-bond acceptors (Lipinski definition) is 4. The van der Waals surface area contributed by atoms with Crippen LogP contribution in [0.4, 0.5) is 5.82 Å². The summed E-state index contributed by atoms with van der Waals surface area (Å²) in [5.74, 6) is 0.999. The molecule has 148 valence electrons. The van der Waals surface area contributed by atoms with E-state index in [1.54, 1.807) is 6.20 Å². The van der Waals surface area contributed by atoms with Crippen molar-refractivity contribution in [3.63, 3.8) is 0 Å². The van der Waals surface area contributed by atoms with Crippen LogP contribution in [-0.4, -0.2) is 47.0 Å². The molecule has 0 spiro atoms. The van der Waals surface area contributed by atoms with Crippen molar-refractivity contribution in [1.29, 1.82) is 0 Å². The Balaban J connectivity index is 1.57. The Morgan fingerprint density at radius 1 is 1.00 bits per heavy atom. The molecule has 0 aliphatic carbocycles. The van der Waals surface area contributed by atoms with Gasteiger partial charge in [0, 0.05) is 54.2 Å². The predicted octanol–water partition coefficient (Wildman–Crippen LogP) is 4.38. The predicted molar refractivity (Wildman–Crippen MR) is 117 cm³/mol. The van der Waals surface area contributed by atoms with Crippen molar-refractivity contribution in [1.82, 2.24) is 14.9 Å². The Bertz CT molecular complexity index is 1030. The Hall–Kier alpha value is -2.92. The van der Waals surface area contributed by atoms with E-state index in [0.717, 1.165) is 41.4 Å². The fourth-order valence-electron chi connectivity index (χ4n) is 3.62. The molecule has 2 aromatic heterocycles. The van der Waals surface area contributed by atoms with Gasteiger partial charge >= 0.3 is 0 Å². The van der Waals surface area contributed by atoms with Crippen molar-refractivity contribution in [2.45, 2.75) is 13.8 Å². The molecule has 1 saturated heterocycles. The van der Waals surface area contributed by atoms with Crippen LogP contribution in [0.25, 0.3) is 11.3 Å². The number of carbonyl (C=O) groups excluding carboxylic acids is 1. The van der Waals surface area contributed by atoms with Crippen molar-refractivity contribution in [3.8, 4) is 11.3 Å². The standard InChI is InChI=1S/C23H23ClN4O/c1-16-17(2)26-21(18-7-3-4-8-20(18)24)15-19(16)23(29)28-13-11-27(12-14-28)22-9-5-6-10-25-22/h3-10,15H,11-14H2,1-2H3. The highest BCUT2D eigenvalue weighted by atomic mass is 35.5. The minimum atomic E-state index is 0.0435. The molecule has 1 fully saturated rings. The van der Waals surface area contributed by atoms with Gasteiger partial charge in [0.1, 0.15) is 5.82 Å². The summed E-state index contributed by atoms with van der Waals surface area (Å²) in [6, 6.07) is 15.4. The fraction of sp³-hybridized carbons (Fsp3) is 0.261. The van der Waals surface area contributed by atoms with E-state index in [-0.39, 0.29) is 5.91 Å². The van der Waals surface area contributed by atoms with E-state index in [2.05, 4.69) is 14.9 Å². The Morgan fingerprint density at radius 2 is 1.72 bits per heavy atom. The van der Waals surface area contributed by atoms with Gasteiger partial charge < -0.3 is 9.80 Å². The third-order valence-electron chi connectivity index (χ3n) is 5.44. The van der Waals surface area contributed by atoms with E-state index < -0.39 is 0 Å². The molecule has 29 heavy (non-hydrogen) atoms. The number of aromatic nitrogens is 2. The van der Waals surface area contributed by atoms with Gasteiger partial charge in [0.25, 0.3) is 5.91 Å². The summed E-state index contributed by atoms with van der Waals surface area (Å²) in [5.41, 5.74) is 4.02. The number of halogens is 1. The van der Waals surface area contributed by atoms with Crippen molar-refractivity contribution >= 4 is 23.3 Å². The summed E-state index contributed by atoms with van der Waals surface area (Å²) in [6.07, 6.45) is 1.80. The second-order valence-electron chi connectivity index (χ2n) is 7.21. The van der Waals surface area contributed by atoms with Crippen molar-refractivity contribution in [3.05, 3.63) is 76.6 Å². The van der Waals surface area contributed by atoms with Gasteiger partial charge in [-0.05, 0) is 43.7 Å². The van der Waals surface area contributed by atoms with E-state index in [0.29, 0.717) is 23.7 Å². The zero-order valence-electron chi connectivity index (χ0n) is 16.6.